The fourth-order valence-electron chi connectivity index (χ4n) is 3.08. The van der Waals surface area contributed by atoms with Gasteiger partial charge in [-0.25, -0.2) is 4.98 Å². The van der Waals surface area contributed by atoms with Crippen LogP contribution in [0.5, 0.6) is 11.6 Å². The highest BCUT2D eigenvalue weighted by molar-refractivity contribution is 5.79. The molecule has 1 aromatic carbocycles. The molecule has 0 radical (unpaired) electrons. The molecule has 1 aliphatic rings. The van der Waals surface area contributed by atoms with Crippen LogP contribution in [0.1, 0.15) is 30.0 Å². The molecule has 1 aliphatic heterocycles. The van der Waals surface area contributed by atoms with Gasteiger partial charge in [-0.1, -0.05) is 12.1 Å². The Morgan fingerprint density at radius 3 is 2.86 bits per heavy atom. The van der Waals surface area contributed by atoms with Crippen LogP contribution in [-0.2, 0) is 17.8 Å². The average molecular weight is 399 g/mol. The maximum absolute atomic E-state index is 6.17. The molecule has 1 aromatic heterocycles. The number of benzene rings is 1. The zero-order chi connectivity index (χ0) is 20.5. The van der Waals surface area contributed by atoms with Gasteiger partial charge in [0.05, 0.1) is 19.8 Å². The minimum Gasteiger partial charge on any atom is -0.488 e. The fourth-order valence-corrected chi connectivity index (χ4v) is 3.08. The van der Waals surface area contributed by atoms with Gasteiger partial charge in [0.1, 0.15) is 11.9 Å². The summed E-state index contributed by atoms with van der Waals surface area (Å²) in [6, 6.07) is 10.2. The van der Waals surface area contributed by atoms with Gasteiger partial charge in [0.25, 0.3) is 0 Å². The zero-order valence-electron chi connectivity index (χ0n) is 17.4. The van der Waals surface area contributed by atoms with Gasteiger partial charge < -0.3 is 24.8 Å². The Balaban J connectivity index is 1.57. The van der Waals surface area contributed by atoms with Gasteiger partial charge in [0, 0.05) is 44.4 Å². The Kier molecular flexibility index (Phi) is 7.69. The Bertz CT molecular complexity index is 819. The molecule has 2 aromatic rings. The zero-order valence-corrected chi connectivity index (χ0v) is 17.4. The second-order valence-electron chi connectivity index (χ2n) is 6.93. The van der Waals surface area contributed by atoms with E-state index in [0.29, 0.717) is 32.2 Å². The number of rotatable bonds is 8. The van der Waals surface area contributed by atoms with Crippen molar-refractivity contribution < 1.29 is 14.2 Å². The van der Waals surface area contributed by atoms with E-state index < -0.39 is 0 Å². The van der Waals surface area contributed by atoms with Crippen LogP contribution in [0.15, 0.2) is 41.5 Å². The minimum absolute atomic E-state index is 0.124. The first-order valence-electron chi connectivity index (χ1n) is 10.0. The predicted molar refractivity (Wildman–Crippen MR) is 113 cm³/mol. The quantitative estimate of drug-likeness (QED) is 0.526. The largest absolute Gasteiger partial charge is 0.488 e. The van der Waals surface area contributed by atoms with Crippen LogP contribution < -0.4 is 20.1 Å². The van der Waals surface area contributed by atoms with Gasteiger partial charge in [0.2, 0.25) is 5.88 Å². The Morgan fingerprint density at radius 1 is 1.24 bits per heavy atom. The van der Waals surface area contributed by atoms with Gasteiger partial charge in [-0.2, -0.15) is 0 Å². The van der Waals surface area contributed by atoms with E-state index in [0.717, 1.165) is 35.9 Å². The third-order valence-corrected chi connectivity index (χ3v) is 4.63. The molecule has 7 heteroatoms. The van der Waals surface area contributed by atoms with Gasteiger partial charge in [0.15, 0.2) is 5.96 Å². The van der Waals surface area contributed by atoms with Crippen molar-refractivity contribution in [2.45, 2.75) is 39.5 Å². The van der Waals surface area contributed by atoms with Crippen molar-refractivity contribution in [2.24, 2.45) is 4.99 Å². The van der Waals surface area contributed by atoms with Crippen molar-refractivity contribution in [2.75, 3.05) is 26.9 Å². The lowest BCUT2D eigenvalue weighted by Crippen LogP contribution is -2.36. The number of hydrogen-bond acceptors (Lipinski definition) is 5. The van der Waals surface area contributed by atoms with E-state index >= 15 is 0 Å². The average Bonchev–Trinajstić information content (AvgIpc) is 3.23. The molecule has 0 bridgehead atoms. The van der Waals surface area contributed by atoms with E-state index in [4.69, 9.17) is 14.2 Å². The summed E-state index contributed by atoms with van der Waals surface area (Å²) in [4.78, 5) is 8.51. The van der Waals surface area contributed by atoms with Crippen molar-refractivity contribution in [3.05, 3.63) is 53.2 Å². The summed E-state index contributed by atoms with van der Waals surface area (Å²) >= 11 is 0. The highest BCUT2D eigenvalue weighted by Gasteiger charge is 2.18. The second kappa shape index (κ2) is 10.7. The molecule has 29 heavy (non-hydrogen) atoms. The van der Waals surface area contributed by atoms with Crippen LogP contribution in [0.25, 0.3) is 0 Å². The van der Waals surface area contributed by atoms with Crippen molar-refractivity contribution in [3.63, 3.8) is 0 Å². The fraction of sp³-hybridized carbons (Fsp3) is 0.455. The molecule has 0 spiro atoms. The maximum atomic E-state index is 6.17. The first kappa shape index (κ1) is 20.9. The van der Waals surface area contributed by atoms with E-state index in [2.05, 4.69) is 45.7 Å². The predicted octanol–water partition coefficient (Wildman–Crippen LogP) is 2.82. The maximum Gasteiger partial charge on any atom is 0.213 e. The summed E-state index contributed by atoms with van der Waals surface area (Å²) < 4.78 is 17.1. The molecule has 1 saturated heterocycles. The Labute approximate surface area is 172 Å². The molecule has 2 heterocycles. The third-order valence-electron chi connectivity index (χ3n) is 4.63. The topological polar surface area (TPSA) is 77.0 Å². The molecule has 156 valence electrons. The number of aromatic nitrogens is 1. The van der Waals surface area contributed by atoms with Crippen molar-refractivity contribution >= 4 is 5.96 Å². The summed E-state index contributed by atoms with van der Waals surface area (Å²) in [5.74, 6) is 2.25. The van der Waals surface area contributed by atoms with Gasteiger partial charge >= 0.3 is 0 Å². The number of ether oxygens (including phenoxy) is 3. The van der Waals surface area contributed by atoms with Gasteiger partial charge in [-0.15, -0.1) is 0 Å². The molecule has 7 nitrogen and oxygen atoms in total. The van der Waals surface area contributed by atoms with E-state index in [-0.39, 0.29) is 6.10 Å². The van der Waals surface area contributed by atoms with Crippen molar-refractivity contribution in [3.8, 4) is 11.6 Å². The van der Waals surface area contributed by atoms with E-state index in [1.807, 2.05) is 19.1 Å². The van der Waals surface area contributed by atoms with Crippen LogP contribution in [0.2, 0.25) is 0 Å². The summed E-state index contributed by atoms with van der Waals surface area (Å²) in [6.45, 7) is 7.27. The minimum atomic E-state index is 0.124. The standard InChI is InChI=1S/C22H30N4O3/c1-4-28-21-12-17(7-9-24-21)13-25-22(23-3)26-14-18-6-5-16(2)11-20(18)29-19-8-10-27-15-19/h5-7,9,11-12,19H,4,8,10,13-15H2,1-3H3,(H2,23,25,26). The van der Waals surface area contributed by atoms with Gasteiger partial charge in [-0.05, 0) is 37.1 Å². The Hall–Kier alpha value is -2.80. The van der Waals surface area contributed by atoms with Crippen molar-refractivity contribution in [1.82, 2.24) is 15.6 Å². The van der Waals surface area contributed by atoms with E-state index in [9.17, 15) is 0 Å². The molecule has 3 rings (SSSR count). The van der Waals surface area contributed by atoms with Crippen LogP contribution in [0, 0.1) is 6.92 Å². The number of nitrogens with zero attached hydrogens (tertiary/aromatic N) is 2. The normalized spacial score (nSPS) is 16.5. The second-order valence-corrected chi connectivity index (χ2v) is 6.93. The summed E-state index contributed by atoms with van der Waals surface area (Å²) in [6.07, 6.45) is 2.81. The number of nitrogens with one attached hydrogen (secondary N) is 2. The van der Waals surface area contributed by atoms with Crippen LogP contribution in [0.3, 0.4) is 0 Å². The molecule has 2 N–H and O–H groups in total. The molecular formula is C22H30N4O3. The monoisotopic (exact) mass is 398 g/mol. The summed E-state index contributed by atoms with van der Waals surface area (Å²) in [7, 11) is 1.76. The molecule has 1 fully saturated rings. The molecule has 0 aliphatic carbocycles. The molecule has 1 atom stereocenters. The molecular weight excluding hydrogens is 368 g/mol. The highest BCUT2D eigenvalue weighted by Crippen LogP contribution is 2.23. The number of hydrogen-bond donors (Lipinski definition) is 2. The first-order chi connectivity index (χ1) is 14.2. The van der Waals surface area contributed by atoms with Crippen molar-refractivity contribution in [1.29, 1.82) is 0 Å². The van der Waals surface area contributed by atoms with E-state index in [1.165, 1.54) is 5.56 Å². The lowest BCUT2D eigenvalue weighted by Gasteiger charge is -2.18. The number of aliphatic imine (C=N–C) groups is 1. The summed E-state index contributed by atoms with van der Waals surface area (Å²) in [5, 5.41) is 6.69. The number of pyridine rings is 1. The Morgan fingerprint density at radius 2 is 2.10 bits per heavy atom. The first-order valence-corrected chi connectivity index (χ1v) is 10.0. The lowest BCUT2D eigenvalue weighted by molar-refractivity contribution is 0.140. The number of aryl methyl sites for hydroxylation is 1. The third kappa shape index (κ3) is 6.35. The smallest absolute Gasteiger partial charge is 0.213 e. The molecule has 1 unspecified atom stereocenters. The highest BCUT2D eigenvalue weighted by atomic mass is 16.5. The molecule has 0 saturated carbocycles. The van der Waals surface area contributed by atoms with E-state index in [1.54, 1.807) is 13.2 Å². The van der Waals surface area contributed by atoms with Crippen LogP contribution in [-0.4, -0.2) is 43.9 Å². The van der Waals surface area contributed by atoms with Gasteiger partial charge in [-0.3, -0.25) is 4.99 Å². The SMILES string of the molecule is CCOc1cc(CNC(=NC)NCc2ccc(C)cc2OC2CCOC2)ccn1. The number of guanidine groups is 1. The summed E-state index contributed by atoms with van der Waals surface area (Å²) in [5.41, 5.74) is 3.34. The van der Waals surface area contributed by atoms with Crippen LogP contribution >= 0.6 is 0 Å². The molecule has 0 amide bonds. The lowest BCUT2D eigenvalue weighted by atomic mass is 10.1. The van der Waals surface area contributed by atoms with Crippen LogP contribution in [0.4, 0.5) is 0 Å².